The molecule has 0 spiro atoms. The molecule has 0 aromatic heterocycles. The summed E-state index contributed by atoms with van der Waals surface area (Å²) < 4.78 is 36.4. The highest BCUT2D eigenvalue weighted by Crippen LogP contribution is 2.43. The number of benzene rings is 1. The van der Waals surface area contributed by atoms with Crippen molar-refractivity contribution in [2.45, 2.75) is 82.6 Å². The normalized spacial score (nSPS) is 33.2. The number of fused-ring (bicyclic) bond motifs is 1. The fourth-order valence-corrected chi connectivity index (χ4v) is 4.88. The van der Waals surface area contributed by atoms with E-state index in [1.165, 1.54) is 0 Å². The molecule has 0 amide bonds. The first-order valence-electron chi connectivity index (χ1n) is 10.3. The highest BCUT2D eigenvalue weighted by atomic mass is 28.4. The highest BCUT2D eigenvalue weighted by Gasteiger charge is 2.52. The van der Waals surface area contributed by atoms with Gasteiger partial charge in [0, 0.05) is 19.1 Å². The van der Waals surface area contributed by atoms with Gasteiger partial charge >= 0.3 is 0 Å². The maximum Gasteiger partial charge on any atom is 0.192 e. The molecule has 0 N–H and O–H groups in total. The maximum absolute atomic E-state index is 6.81. The quantitative estimate of drug-likeness (QED) is 0.641. The summed E-state index contributed by atoms with van der Waals surface area (Å²) in [5.41, 5.74) is 0.954. The Morgan fingerprint density at radius 3 is 2.31 bits per heavy atom. The number of methoxy groups -OCH3 is 2. The molecular weight excluding hydrogens is 388 g/mol. The van der Waals surface area contributed by atoms with Gasteiger partial charge in [-0.3, -0.25) is 0 Å². The second-order valence-electron chi connectivity index (χ2n) is 9.65. The summed E-state index contributed by atoms with van der Waals surface area (Å²) in [6.45, 7) is 13.7. The molecule has 0 aliphatic carbocycles. The third-order valence-electron chi connectivity index (χ3n) is 6.47. The van der Waals surface area contributed by atoms with Crippen molar-refractivity contribution in [2.75, 3.05) is 20.8 Å². The number of hydrogen-bond donors (Lipinski definition) is 0. The minimum Gasteiger partial charge on any atom is -0.497 e. The van der Waals surface area contributed by atoms with Gasteiger partial charge in [-0.25, -0.2) is 0 Å². The minimum absolute atomic E-state index is 0.102. The van der Waals surface area contributed by atoms with Gasteiger partial charge < -0.3 is 28.1 Å². The zero-order valence-electron chi connectivity index (χ0n) is 19.0. The van der Waals surface area contributed by atoms with Crippen LogP contribution in [-0.2, 0) is 23.4 Å². The van der Waals surface area contributed by atoms with Gasteiger partial charge in [0.15, 0.2) is 20.4 Å². The molecule has 0 radical (unpaired) electrons. The first-order chi connectivity index (χ1) is 13.5. The van der Waals surface area contributed by atoms with Crippen LogP contribution in [0.1, 0.15) is 46.0 Å². The Labute approximate surface area is 175 Å². The van der Waals surface area contributed by atoms with Crippen molar-refractivity contribution >= 4 is 8.32 Å². The van der Waals surface area contributed by atoms with E-state index in [4.69, 9.17) is 28.1 Å². The lowest BCUT2D eigenvalue weighted by molar-refractivity contribution is -0.362. The first-order valence-corrected chi connectivity index (χ1v) is 13.2. The Kier molecular flexibility index (Phi) is 6.49. The Morgan fingerprint density at radius 2 is 1.76 bits per heavy atom. The molecule has 1 aromatic rings. The Balaban J connectivity index is 1.82. The lowest BCUT2D eigenvalue weighted by Crippen LogP contribution is -2.62. The summed E-state index contributed by atoms with van der Waals surface area (Å²) in [6, 6.07) is 7.77. The Hall–Kier alpha value is -0.963. The average molecular weight is 425 g/mol. The summed E-state index contributed by atoms with van der Waals surface area (Å²) in [7, 11) is 1.32. The molecule has 0 bridgehead atoms. The van der Waals surface area contributed by atoms with Crippen molar-refractivity contribution in [3.8, 4) is 5.75 Å². The maximum atomic E-state index is 6.81. The largest absolute Gasteiger partial charge is 0.497 e. The van der Waals surface area contributed by atoms with Crippen LogP contribution in [0.25, 0.3) is 0 Å². The van der Waals surface area contributed by atoms with Gasteiger partial charge in [-0.15, -0.1) is 0 Å². The van der Waals surface area contributed by atoms with Crippen molar-refractivity contribution in [1.82, 2.24) is 0 Å². The molecule has 3 rings (SSSR count). The van der Waals surface area contributed by atoms with Crippen molar-refractivity contribution in [3.05, 3.63) is 29.8 Å². The summed E-state index contributed by atoms with van der Waals surface area (Å²) in [5, 5.41) is 0.102. The zero-order valence-corrected chi connectivity index (χ0v) is 20.0. The molecule has 7 heteroatoms. The molecule has 2 fully saturated rings. The molecule has 2 aliphatic heterocycles. The van der Waals surface area contributed by atoms with E-state index in [1.54, 1.807) is 14.2 Å². The number of ether oxygens (including phenoxy) is 5. The third kappa shape index (κ3) is 4.86. The molecule has 29 heavy (non-hydrogen) atoms. The van der Waals surface area contributed by atoms with Gasteiger partial charge in [0.25, 0.3) is 0 Å². The molecule has 2 saturated heterocycles. The smallest absolute Gasteiger partial charge is 0.192 e. The first kappa shape index (κ1) is 22.7. The lowest BCUT2D eigenvalue weighted by Gasteiger charge is -2.51. The summed E-state index contributed by atoms with van der Waals surface area (Å²) in [4.78, 5) is 0. The molecule has 6 nitrogen and oxygen atoms in total. The second kappa shape index (κ2) is 8.28. The summed E-state index contributed by atoms with van der Waals surface area (Å²) in [5.74, 6) is 0.0897. The van der Waals surface area contributed by atoms with Gasteiger partial charge in [0.2, 0.25) is 0 Å². The third-order valence-corrected chi connectivity index (χ3v) is 11.0. The van der Waals surface area contributed by atoms with Crippen molar-refractivity contribution in [1.29, 1.82) is 0 Å². The predicted octanol–water partition coefficient (Wildman–Crippen LogP) is 4.65. The van der Waals surface area contributed by atoms with Crippen molar-refractivity contribution < 1.29 is 28.1 Å². The van der Waals surface area contributed by atoms with Crippen LogP contribution in [0, 0.1) is 0 Å². The fraction of sp³-hybridized carbons (Fsp3) is 0.727. The van der Waals surface area contributed by atoms with Gasteiger partial charge in [-0.1, -0.05) is 32.9 Å². The van der Waals surface area contributed by atoms with Gasteiger partial charge in [-0.2, -0.15) is 0 Å². The molecule has 5 atom stereocenters. The van der Waals surface area contributed by atoms with E-state index in [0.717, 1.165) is 11.3 Å². The van der Waals surface area contributed by atoms with Crippen LogP contribution in [-0.4, -0.2) is 53.2 Å². The standard InChI is InChI=1S/C22H36O6Si/c1-21(2,3)29(7,8)28-17-13-22(4,24-6)27-18-14-25-20(26-19(17)18)15-9-11-16(23-5)12-10-15/h9-12,17-20H,13-14H2,1-8H3/t17-,18-,19+,20-,22+/m1/s1. The topological polar surface area (TPSA) is 55.4 Å². The van der Waals surface area contributed by atoms with Crippen LogP contribution in [0.3, 0.4) is 0 Å². The van der Waals surface area contributed by atoms with E-state index in [1.807, 2.05) is 31.2 Å². The van der Waals surface area contributed by atoms with E-state index in [-0.39, 0.29) is 23.4 Å². The van der Waals surface area contributed by atoms with Crippen molar-refractivity contribution in [3.63, 3.8) is 0 Å². The fourth-order valence-electron chi connectivity index (χ4n) is 3.56. The van der Waals surface area contributed by atoms with Gasteiger partial charge in [0.05, 0.1) is 19.8 Å². The van der Waals surface area contributed by atoms with E-state index in [0.29, 0.717) is 13.0 Å². The van der Waals surface area contributed by atoms with Crippen LogP contribution in [0.15, 0.2) is 24.3 Å². The van der Waals surface area contributed by atoms with Crippen LogP contribution in [0.5, 0.6) is 5.75 Å². The van der Waals surface area contributed by atoms with E-state index < -0.39 is 20.4 Å². The monoisotopic (exact) mass is 424 g/mol. The van der Waals surface area contributed by atoms with Gasteiger partial charge in [0.1, 0.15) is 18.0 Å². The molecule has 1 aromatic carbocycles. The molecular formula is C22H36O6Si. The molecule has 0 saturated carbocycles. The number of rotatable bonds is 5. The van der Waals surface area contributed by atoms with E-state index >= 15 is 0 Å². The van der Waals surface area contributed by atoms with E-state index in [9.17, 15) is 0 Å². The molecule has 2 aliphatic rings. The Bertz CT molecular complexity index is 686. The van der Waals surface area contributed by atoms with Crippen LogP contribution >= 0.6 is 0 Å². The SMILES string of the molecule is COc1ccc([C@@H]2OC[C@H]3O[C@](C)(OC)C[C@@H](O[Si](C)(C)C(C)(C)C)[C@@H]3O2)cc1. The van der Waals surface area contributed by atoms with Crippen LogP contribution in [0.2, 0.25) is 18.1 Å². The highest BCUT2D eigenvalue weighted by molar-refractivity contribution is 6.74. The van der Waals surface area contributed by atoms with Crippen molar-refractivity contribution in [2.24, 2.45) is 0 Å². The molecule has 164 valence electrons. The van der Waals surface area contributed by atoms with E-state index in [2.05, 4.69) is 33.9 Å². The minimum atomic E-state index is -2.01. The molecule has 0 unspecified atom stereocenters. The van der Waals surface area contributed by atoms with Gasteiger partial charge in [-0.05, 0) is 37.2 Å². The zero-order chi connectivity index (χ0) is 21.4. The Morgan fingerprint density at radius 1 is 1.10 bits per heavy atom. The molecule has 2 heterocycles. The summed E-state index contributed by atoms with van der Waals surface area (Å²) >= 11 is 0. The van der Waals surface area contributed by atoms with Crippen LogP contribution in [0.4, 0.5) is 0 Å². The average Bonchev–Trinajstić information content (AvgIpc) is 2.66. The van der Waals surface area contributed by atoms with Crippen LogP contribution < -0.4 is 4.74 Å². The second-order valence-corrected chi connectivity index (χ2v) is 14.4. The number of hydrogen-bond acceptors (Lipinski definition) is 6. The summed E-state index contributed by atoms with van der Waals surface area (Å²) in [6.07, 6.45) is -0.412. The predicted molar refractivity (Wildman–Crippen MR) is 114 cm³/mol. The lowest BCUT2D eigenvalue weighted by atomic mass is 9.95.